The normalized spacial score (nSPS) is 44.8. The van der Waals surface area contributed by atoms with Crippen molar-refractivity contribution in [3.8, 4) is 0 Å². The zero-order valence-corrected chi connectivity index (χ0v) is 38.2. The van der Waals surface area contributed by atoms with Crippen LogP contribution in [0.25, 0.3) is 0 Å². The molecule has 3 heterocycles. The average molecular weight is 905 g/mol. The molecule has 3 aliphatic heterocycles. The molecule has 362 valence electrons. The quantitative estimate of drug-likeness (QED) is 0.179. The fourth-order valence-corrected chi connectivity index (χ4v) is 8.24. The van der Waals surface area contributed by atoms with Gasteiger partial charge in [0, 0.05) is 25.7 Å². The zero-order chi connectivity index (χ0) is 47.6. The Hall–Kier alpha value is -3.32. The Bertz CT molecular complexity index is 1620. The molecule has 0 aromatic heterocycles. The smallest absolute Gasteiger partial charge is 0.311 e. The van der Waals surface area contributed by atoms with Crippen LogP contribution in [0, 0.1) is 29.6 Å². The highest BCUT2D eigenvalue weighted by Crippen LogP contribution is 2.38. The minimum Gasteiger partial charge on any atom is -0.481 e. The van der Waals surface area contributed by atoms with Crippen LogP contribution in [0.15, 0.2) is 85.1 Å². The summed E-state index contributed by atoms with van der Waals surface area (Å²) in [6.07, 6.45) is 10.2. The van der Waals surface area contributed by atoms with Crippen molar-refractivity contribution in [2.75, 3.05) is 0 Å². The lowest BCUT2D eigenvalue weighted by Gasteiger charge is -2.45. The number of cyclic esters (lactones) is 1. The van der Waals surface area contributed by atoms with Gasteiger partial charge in [0.15, 0.2) is 12.1 Å². The van der Waals surface area contributed by atoms with Crippen molar-refractivity contribution < 1.29 is 74.5 Å². The van der Waals surface area contributed by atoms with E-state index in [1.54, 1.807) is 30.4 Å². The number of ether oxygens (including phenoxy) is 4. The summed E-state index contributed by atoms with van der Waals surface area (Å²) in [5.41, 5.74) is 0. The van der Waals surface area contributed by atoms with Crippen LogP contribution in [0.1, 0.15) is 99.3 Å². The number of aliphatic hydroxyl groups excluding tert-OH is 7. The minimum absolute atomic E-state index is 0.00348. The Kier molecular flexibility index (Phi) is 23.5. The lowest BCUT2D eigenvalue weighted by molar-refractivity contribution is -0.306. The molecule has 2 bridgehead atoms. The number of hydrogen-bond donors (Lipinski definition) is 9. The summed E-state index contributed by atoms with van der Waals surface area (Å²) in [5.74, 6) is -5.36. The number of aliphatic carboxylic acids is 1. The van der Waals surface area contributed by atoms with Crippen molar-refractivity contribution in [3.63, 3.8) is 0 Å². The first-order valence-electron chi connectivity index (χ1n) is 22.8. The van der Waals surface area contributed by atoms with Crippen LogP contribution in [0.5, 0.6) is 0 Å². The highest BCUT2D eigenvalue weighted by molar-refractivity contribution is 5.71. The Labute approximate surface area is 378 Å². The Morgan fingerprint density at radius 2 is 1.20 bits per heavy atom. The monoisotopic (exact) mass is 905 g/mol. The van der Waals surface area contributed by atoms with Crippen molar-refractivity contribution in [1.29, 1.82) is 0 Å². The summed E-state index contributed by atoms with van der Waals surface area (Å²) >= 11 is 0. The van der Waals surface area contributed by atoms with Crippen molar-refractivity contribution in [1.82, 2.24) is 0 Å². The van der Waals surface area contributed by atoms with Gasteiger partial charge in [0.2, 0.25) is 0 Å². The van der Waals surface area contributed by atoms with Gasteiger partial charge in [0.1, 0.15) is 18.1 Å². The van der Waals surface area contributed by atoms with E-state index in [2.05, 4.69) is 19.9 Å². The van der Waals surface area contributed by atoms with Crippen molar-refractivity contribution >= 4 is 11.9 Å². The molecule has 4 unspecified atom stereocenters. The fraction of sp³-hybridized carbons (Fsp3) is 0.673. The first kappa shape index (κ1) is 55.0. The third kappa shape index (κ3) is 18.9. The van der Waals surface area contributed by atoms with E-state index in [-0.39, 0.29) is 61.9 Å². The maximum Gasteiger partial charge on any atom is 0.311 e. The maximum atomic E-state index is 12.7. The van der Waals surface area contributed by atoms with Gasteiger partial charge in [-0.15, -0.1) is 0 Å². The molecule has 0 radical (unpaired) electrons. The van der Waals surface area contributed by atoms with E-state index in [0.29, 0.717) is 6.42 Å². The number of carboxylic acid groups (broad SMARTS) is 1. The summed E-state index contributed by atoms with van der Waals surface area (Å²) in [5, 5.41) is 97.2. The van der Waals surface area contributed by atoms with Gasteiger partial charge < -0.3 is 64.9 Å². The lowest BCUT2D eigenvalue weighted by atomic mass is 9.82. The second kappa shape index (κ2) is 27.4. The largest absolute Gasteiger partial charge is 0.481 e. The predicted molar refractivity (Wildman–Crippen MR) is 240 cm³/mol. The van der Waals surface area contributed by atoms with Gasteiger partial charge in [0.25, 0.3) is 0 Å². The number of allylic oxidation sites excluding steroid dienone is 13. The molecule has 18 atom stereocenters. The summed E-state index contributed by atoms with van der Waals surface area (Å²) < 4.78 is 23.8. The molecular formula is C49H76O15. The molecular weight excluding hydrogens is 829 g/mol. The van der Waals surface area contributed by atoms with E-state index >= 15 is 0 Å². The highest BCUT2D eigenvalue weighted by atomic mass is 16.7. The third-order valence-electron chi connectivity index (χ3n) is 12.8. The van der Waals surface area contributed by atoms with Crippen molar-refractivity contribution in [2.45, 2.75) is 179 Å². The van der Waals surface area contributed by atoms with Crippen molar-refractivity contribution in [2.24, 2.45) is 29.6 Å². The van der Waals surface area contributed by atoms with Gasteiger partial charge in [-0.25, -0.2) is 0 Å². The van der Waals surface area contributed by atoms with Crippen molar-refractivity contribution in [3.05, 3.63) is 85.1 Å². The van der Waals surface area contributed by atoms with Crippen LogP contribution in [-0.4, -0.2) is 137 Å². The van der Waals surface area contributed by atoms with E-state index < -0.39 is 110 Å². The predicted octanol–water partition coefficient (Wildman–Crippen LogP) is 4.32. The van der Waals surface area contributed by atoms with Crippen LogP contribution in [0.2, 0.25) is 0 Å². The second-order valence-corrected chi connectivity index (χ2v) is 18.2. The number of carbonyl (C=O) groups excluding carboxylic acids is 1. The molecule has 15 nitrogen and oxygen atoms in total. The number of fused-ring (bicyclic) bond motifs is 2. The molecule has 0 spiro atoms. The molecule has 2 saturated heterocycles. The van der Waals surface area contributed by atoms with Crippen LogP contribution in [0.4, 0.5) is 0 Å². The molecule has 64 heavy (non-hydrogen) atoms. The Morgan fingerprint density at radius 3 is 1.80 bits per heavy atom. The molecule has 15 heteroatoms. The summed E-state index contributed by atoms with van der Waals surface area (Å²) in [6, 6.07) is 0. The van der Waals surface area contributed by atoms with Gasteiger partial charge in [0.05, 0.1) is 61.4 Å². The van der Waals surface area contributed by atoms with Gasteiger partial charge in [-0.3, -0.25) is 9.59 Å². The second-order valence-electron chi connectivity index (χ2n) is 18.2. The molecule has 3 aliphatic rings. The number of rotatable bonds is 3. The summed E-state index contributed by atoms with van der Waals surface area (Å²) in [4.78, 5) is 25.2. The highest BCUT2D eigenvalue weighted by Gasteiger charge is 2.50. The first-order valence-corrected chi connectivity index (χ1v) is 22.8. The van der Waals surface area contributed by atoms with Crippen LogP contribution in [0.3, 0.4) is 0 Å². The zero-order valence-electron chi connectivity index (χ0n) is 38.2. The average Bonchev–Trinajstić information content (AvgIpc) is 3.19. The minimum atomic E-state index is -2.25. The standard InChI is InChI=1S/C49H76O15/c1-30-19-17-15-13-11-9-7-8-10-12-14-16-18-20-39(63-48-42(55)23-31(2)34(5)62-48)27-44-46(47(58)59)43(56)29-49(60,64-44)28-38(52)25-41(54)40(53)22-21-36(50)24-37(51)26-45(57)61-35(6)33(4)32(30)3/h7-20,30-44,46,48,50-56,60H,21-29H2,1-6H3,(H,58,59)/b8-7+,11-9+,12-10+,15-13+,16-14+,19-17+,20-18+/t30-,31?,32+,33+,34?,35-,36+,37+,38-,39-,40+,41+,42?,43-,44-,46+,48?,49+/m0/s1. The molecule has 0 aromatic rings. The molecule has 3 rings (SSSR count). The molecule has 2 fully saturated rings. The Balaban J connectivity index is 1.84. The third-order valence-corrected chi connectivity index (χ3v) is 12.8. The van der Waals surface area contributed by atoms with Crippen LogP contribution in [-0.2, 0) is 28.5 Å². The van der Waals surface area contributed by atoms with Gasteiger partial charge in [-0.1, -0.05) is 113 Å². The van der Waals surface area contributed by atoms with Gasteiger partial charge in [-0.2, -0.15) is 0 Å². The van der Waals surface area contributed by atoms with E-state index in [0.717, 1.165) is 0 Å². The number of aliphatic hydroxyl groups is 8. The SMILES string of the molecule is CC1CC(O)C(O[C@H]2/C=C/C=C/C=C/C=C/C=C/C=C/C=C/[C@H](C)[C@@H](C)[C@@H](C)[C@H](C)OC(=O)C[C@H](O)C[C@H](O)CC[C@@H](O)[C@H](O)C[C@H](O)C[C@]3(O)C[C@H](O)[C@@H](C(=O)O)[C@H](C2)O3)OC1C. The fourth-order valence-electron chi connectivity index (χ4n) is 8.24. The van der Waals surface area contributed by atoms with Gasteiger partial charge >= 0.3 is 11.9 Å². The maximum absolute atomic E-state index is 12.7. The number of carbonyl (C=O) groups is 2. The molecule has 0 aromatic carbocycles. The van der Waals surface area contributed by atoms with E-state index in [1.807, 2.05) is 76.3 Å². The molecule has 0 aliphatic carbocycles. The van der Waals surface area contributed by atoms with E-state index in [1.165, 1.54) is 0 Å². The van der Waals surface area contributed by atoms with Gasteiger partial charge in [-0.05, 0) is 63.2 Å². The molecule has 0 saturated carbocycles. The van der Waals surface area contributed by atoms with E-state index in [9.17, 15) is 55.5 Å². The lowest BCUT2D eigenvalue weighted by Crippen LogP contribution is -2.56. The molecule has 9 N–H and O–H groups in total. The summed E-state index contributed by atoms with van der Waals surface area (Å²) in [7, 11) is 0. The number of hydrogen-bond acceptors (Lipinski definition) is 14. The number of esters is 1. The first-order chi connectivity index (χ1) is 30.2. The summed E-state index contributed by atoms with van der Waals surface area (Å²) in [6.45, 7) is 11.8. The van der Waals surface area contributed by atoms with Crippen LogP contribution >= 0.6 is 0 Å². The Morgan fingerprint density at radius 1 is 0.625 bits per heavy atom. The molecule has 0 amide bonds. The number of carboxylic acids is 1. The topological polar surface area (TPSA) is 253 Å². The van der Waals surface area contributed by atoms with Crippen LogP contribution < -0.4 is 0 Å². The van der Waals surface area contributed by atoms with E-state index in [4.69, 9.17) is 18.9 Å².